The quantitative estimate of drug-likeness (QED) is 0.712. The summed E-state index contributed by atoms with van der Waals surface area (Å²) in [4.78, 5) is 0. The van der Waals surface area contributed by atoms with Crippen LogP contribution >= 0.6 is 0 Å². The van der Waals surface area contributed by atoms with Crippen LogP contribution in [0.4, 0.5) is 8.78 Å². The Hall–Kier alpha value is -0.960. The maximum absolute atomic E-state index is 13.9. The lowest BCUT2D eigenvalue weighted by atomic mass is 9.90. The molecule has 0 radical (unpaired) electrons. The first-order chi connectivity index (χ1) is 9.13. The Labute approximate surface area is 115 Å². The first-order valence-corrected chi connectivity index (χ1v) is 7.31. The molecule has 0 spiro atoms. The van der Waals surface area contributed by atoms with Gasteiger partial charge in [0.1, 0.15) is 11.6 Å². The van der Waals surface area contributed by atoms with Crippen LogP contribution in [0.3, 0.4) is 0 Å². The third kappa shape index (κ3) is 4.57. The molecule has 19 heavy (non-hydrogen) atoms. The molecule has 0 amide bonds. The van der Waals surface area contributed by atoms with Gasteiger partial charge in [0.25, 0.3) is 0 Å². The van der Waals surface area contributed by atoms with E-state index in [4.69, 9.17) is 0 Å². The third-order valence-electron chi connectivity index (χ3n) is 3.71. The molecule has 1 atom stereocenters. The van der Waals surface area contributed by atoms with E-state index in [9.17, 15) is 8.78 Å². The highest BCUT2D eigenvalue weighted by molar-refractivity contribution is 5.23. The summed E-state index contributed by atoms with van der Waals surface area (Å²) in [5.74, 6) is -0.396. The zero-order valence-electron chi connectivity index (χ0n) is 12.2. The molecule has 1 N–H and O–H groups in total. The monoisotopic (exact) mass is 269 g/mol. The Morgan fingerprint density at radius 2 is 1.63 bits per heavy atom. The molecule has 0 aliphatic heterocycles. The highest BCUT2D eigenvalue weighted by Gasteiger charge is 2.22. The van der Waals surface area contributed by atoms with Crippen molar-refractivity contribution in [3.8, 4) is 0 Å². The van der Waals surface area contributed by atoms with E-state index < -0.39 is 11.6 Å². The first kappa shape index (κ1) is 16.1. The summed E-state index contributed by atoms with van der Waals surface area (Å²) in [6, 6.07) is 3.87. The van der Waals surface area contributed by atoms with Gasteiger partial charge in [0.2, 0.25) is 0 Å². The van der Waals surface area contributed by atoms with Crippen LogP contribution < -0.4 is 5.32 Å². The second-order valence-corrected chi connectivity index (χ2v) is 5.06. The van der Waals surface area contributed by atoms with Crippen LogP contribution in [0.5, 0.6) is 0 Å². The average Bonchev–Trinajstić information content (AvgIpc) is 2.40. The molecule has 0 fully saturated rings. The number of hydrogen-bond donors (Lipinski definition) is 1. The molecule has 0 aliphatic rings. The zero-order chi connectivity index (χ0) is 14.3. The summed E-state index contributed by atoms with van der Waals surface area (Å²) >= 11 is 0. The summed E-state index contributed by atoms with van der Waals surface area (Å²) in [6.07, 6.45) is 3.81. The second kappa shape index (κ2) is 8.26. The largest absolute Gasteiger partial charge is 0.310 e. The molecule has 3 heteroatoms. The summed E-state index contributed by atoms with van der Waals surface area (Å²) in [6.45, 7) is 7.09. The number of halogens is 2. The molecule has 0 bridgehead atoms. The van der Waals surface area contributed by atoms with E-state index in [1.807, 2.05) is 0 Å². The fourth-order valence-electron chi connectivity index (χ4n) is 2.42. The third-order valence-corrected chi connectivity index (χ3v) is 3.71. The lowest BCUT2D eigenvalue weighted by Gasteiger charge is -2.24. The van der Waals surface area contributed by atoms with Gasteiger partial charge in [-0.2, -0.15) is 0 Å². The molecule has 0 aromatic heterocycles. The fraction of sp³-hybridized carbons (Fsp3) is 0.625. The molecule has 0 saturated carbocycles. The van der Waals surface area contributed by atoms with Crippen molar-refractivity contribution < 1.29 is 8.78 Å². The Kier molecular flexibility index (Phi) is 7.00. The molecular weight excluding hydrogens is 244 g/mol. The molecule has 1 aromatic rings. The van der Waals surface area contributed by atoms with E-state index in [1.165, 1.54) is 18.2 Å². The summed E-state index contributed by atoms with van der Waals surface area (Å²) in [7, 11) is 0. The van der Waals surface area contributed by atoms with E-state index in [0.29, 0.717) is 5.92 Å². The van der Waals surface area contributed by atoms with Gasteiger partial charge in [-0.3, -0.25) is 0 Å². The Morgan fingerprint density at radius 3 is 2.11 bits per heavy atom. The Bertz CT molecular complexity index is 355. The second-order valence-electron chi connectivity index (χ2n) is 5.06. The molecule has 108 valence electrons. The van der Waals surface area contributed by atoms with Crippen molar-refractivity contribution in [3.05, 3.63) is 35.4 Å². The first-order valence-electron chi connectivity index (χ1n) is 7.31. The fourth-order valence-corrected chi connectivity index (χ4v) is 2.42. The van der Waals surface area contributed by atoms with Crippen LogP contribution in [0.15, 0.2) is 18.2 Å². The molecule has 0 saturated heterocycles. The van der Waals surface area contributed by atoms with Crippen molar-refractivity contribution >= 4 is 0 Å². The van der Waals surface area contributed by atoms with Crippen LogP contribution in [-0.2, 0) is 0 Å². The standard InChI is InChI=1S/C16H25F2N/c1-4-10-19-15(11-12(5-2)6-3)16-13(17)8-7-9-14(16)18/h7-9,12,15,19H,4-6,10-11H2,1-3H3. The predicted molar refractivity (Wildman–Crippen MR) is 76.1 cm³/mol. The lowest BCUT2D eigenvalue weighted by Crippen LogP contribution is -2.26. The van der Waals surface area contributed by atoms with Gasteiger partial charge in [0, 0.05) is 11.6 Å². The predicted octanol–water partition coefficient (Wildman–Crippen LogP) is 4.83. The van der Waals surface area contributed by atoms with E-state index in [2.05, 4.69) is 26.1 Å². The number of benzene rings is 1. The highest BCUT2D eigenvalue weighted by atomic mass is 19.1. The minimum absolute atomic E-state index is 0.197. The number of nitrogens with one attached hydrogen (secondary N) is 1. The minimum Gasteiger partial charge on any atom is -0.310 e. The van der Waals surface area contributed by atoms with Crippen LogP contribution in [-0.4, -0.2) is 6.54 Å². The highest BCUT2D eigenvalue weighted by Crippen LogP contribution is 2.28. The van der Waals surface area contributed by atoms with Gasteiger partial charge in [0.05, 0.1) is 0 Å². The van der Waals surface area contributed by atoms with Gasteiger partial charge < -0.3 is 5.32 Å². The van der Waals surface area contributed by atoms with Gasteiger partial charge in [-0.1, -0.05) is 39.7 Å². The van der Waals surface area contributed by atoms with Crippen molar-refractivity contribution in [1.82, 2.24) is 5.32 Å². The molecule has 0 heterocycles. The number of hydrogen-bond acceptors (Lipinski definition) is 1. The maximum atomic E-state index is 13.9. The van der Waals surface area contributed by atoms with Crippen molar-refractivity contribution in [2.45, 2.75) is 52.5 Å². The van der Waals surface area contributed by atoms with Gasteiger partial charge >= 0.3 is 0 Å². The molecule has 0 aliphatic carbocycles. The Balaban J connectivity index is 2.95. The smallest absolute Gasteiger partial charge is 0.130 e. The summed E-state index contributed by atoms with van der Waals surface area (Å²) in [5.41, 5.74) is 0.197. The van der Waals surface area contributed by atoms with Gasteiger partial charge in [-0.25, -0.2) is 8.78 Å². The van der Waals surface area contributed by atoms with Crippen LogP contribution in [0, 0.1) is 17.6 Å². The summed E-state index contributed by atoms with van der Waals surface area (Å²) < 4.78 is 27.8. The molecule has 1 rings (SSSR count). The molecule has 1 nitrogen and oxygen atoms in total. The van der Waals surface area contributed by atoms with Gasteiger partial charge in [-0.15, -0.1) is 0 Å². The van der Waals surface area contributed by atoms with Crippen molar-refractivity contribution in [3.63, 3.8) is 0 Å². The topological polar surface area (TPSA) is 12.0 Å². The molecule has 1 unspecified atom stereocenters. The summed E-state index contributed by atoms with van der Waals surface area (Å²) in [5, 5.41) is 3.29. The lowest BCUT2D eigenvalue weighted by molar-refractivity contribution is 0.355. The van der Waals surface area contributed by atoms with Crippen LogP contribution in [0.2, 0.25) is 0 Å². The van der Waals surface area contributed by atoms with Crippen LogP contribution in [0.25, 0.3) is 0 Å². The van der Waals surface area contributed by atoms with E-state index in [-0.39, 0.29) is 11.6 Å². The minimum atomic E-state index is -0.445. The van der Waals surface area contributed by atoms with Gasteiger partial charge in [-0.05, 0) is 37.4 Å². The number of rotatable bonds is 8. The van der Waals surface area contributed by atoms with Crippen molar-refractivity contribution in [2.24, 2.45) is 5.92 Å². The molecular formula is C16H25F2N. The zero-order valence-corrected chi connectivity index (χ0v) is 12.2. The van der Waals surface area contributed by atoms with Crippen LogP contribution in [0.1, 0.15) is 58.1 Å². The van der Waals surface area contributed by atoms with Crippen molar-refractivity contribution in [2.75, 3.05) is 6.54 Å². The van der Waals surface area contributed by atoms with E-state index in [0.717, 1.165) is 32.2 Å². The van der Waals surface area contributed by atoms with Crippen molar-refractivity contribution in [1.29, 1.82) is 0 Å². The molecule has 1 aromatic carbocycles. The maximum Gasteiger partial charge on any atom is 0.130 e. The van der Waals surface area contributed by atoms with E-state index >= 15 is 0 Å². The normalized spacial score (nSPS) is 12.9. The van der Waals surface area contributed by atoms with Gasteiger partial charge in [0.15, 0.2) is 0 Å². The Morgan fingerprint density at radius 1 is 1.05 bits per heavy atom. The SMILES string of the molecule is CCCNC(CC(CC)CC)c1c(F)cccc1F. The van der Waals surface area contributed by atoms with E-state index in [1.54, 1.807) is 0 Å². The average molecular weight is 269 g/mol.